The molecule has 7 heteroatoms. The number of hydrogen-bond acceptors (Lipinski definition) is 6. The molecule has 2 aromatic heterocycles. The predicted molar refractivity (Wildman–Crippen MR) is 124 cm³/mol. The summed E-state index contributed by atoms with van der Waals surface area (Å²) in [5.74, 6) is 3.04. The van der Waals surface area contributed by atoms with E-state index in [9.17, 15) is 4.79 Å². The summed E-state index contributed by atoms with van der Waals surface area (Å²) >= 11 is 0. The minimum Gasteiger partial charge on any atom is -0.494 e. The van der Waals surface area contributed by atoms with E-state index in [0.717, 1.165) is 61.0 Å². The number of piperidine rings is 1. The second-order valence-electron chi connectivity index (χ2n) is 9.23. The lowest BCUT2D eigenvalue weighted by Gasteiger charge is -2.40. The number of pyridine rings is 1. The molecule has 1 amide bonds. The van der Waals surface area contributed by atoms with Gasteiger partial charge in [-0.25, -0.2) is 0 Å². The standard InChI is InChI=1S/C26H30N4O3/c1-2-32-22-9-7-19(8-10-22)16-23(31)30-14-11-26(12-15-30,17-20-5-6-20)25-28-24(33-29-25)21-4-3-13-27-18-21/h3-4,7-10,13,18,20H,2,5-6,11-12,14-17H2,1H3. The Morgan fingerprint density at radius 2 is 1.97 bits per heavy atom. The molecule has 3 aromatic rings. The lowest BCUT2D eigenvalue weighted by molar-refractivity contribution is -0.132. The first-order valence-corrected chi connectivity index (χ1v) is 11.9. The maximum atomic E-state index is 13.0. The molecule has 0 unspecified atom stereocenters. The van der Waals surface area contributed by atoms with Crippen molar-refractivity contribution in [3.8, 4) is 17.2 Å². The number of aromatic nitrogens is 3. The van der Waals surface area contributed by atoms with Crippen LogP contribution in [0.4, 0.5) is 0 Å². The van der Waals surface area contributed by atoms with E-state index in [0.29, 0.717) is 18.9 Å². The molecule has 0 spiro atoms. The average molecular weight is 447 g/mol. The van der Waals surface area contributed by atoms with E-state index in [1.54, 1.807) is 12.4 Å². The fraction of sp³-hybridized carbons (Fsp3) is 0.462. The Kier molecular flexibility index (Phi) is 6.11. The van der Waals surface area contributed by atoms with Crippen LogP contribution in [0.3, 0.4) is 0 Å². The van der Waals surface area contributed by atoms with Crippen LogP contribution in [0.25, 0.3) is 11.5 Å². The smallest absolute Gasteiger partial charge is 0.259 e. The summed E-state index contributed by atoms with van der Waals surface area (Å²) in [7, 11) is 0. The van der Waals surface area contributed by atoms with Crippen molar-refractivity contribution >= 4 is 5.91 Å². The monoisotopic (exact) mass is 446 g/mol. The van der Waals surface area contributed by atoms with Gasteiger partial charge in [0.1, 0.15) is 5.75 Å². The number of amides is 1. The van der Waals surface area contributed by atoms with Gasteiger partial charge in [-0.05, 0) is 61.9 Å². The van der Waals surface area contributed by atoms with Crippen LogP contribution in [0.5, 0.6) is 5.75 Å². The van der Waals surface area contributed by atoms with Crippen LogP contribution in [0.1, 0.15) is 50.4 Å². The van der Waals surface area contributed by atoms with Crippen molar-refractivity contribution in [3.05, 3.63) is 60.2 Å². The minimum absolute atomic E-state index is 0.124. The van der Waals surface area contributed by atoms with E-state index >= 15 is 0 Å². The lowest BCUT2D eigenvalue weighted by Crippen LogP contribution is -2.46. The Bertz CT molecular complexity index is 1070. The van der Waals surface area contributed by atoms with Crippen molar-refractivity contribution in [2.75, 3.05) is 19.7 Å². The SMILES string of the molecule is CCOc1ccc(CC(=O)N2CCC(CC3CC3)(c3noc(-c4cccnc4)n3)CC2)cc1. The molecule has 1 aliphatic heterocycles. The Labute approximate surface area is 194 Å². The molecule has 1 saturated heterocycles. The van der Waals surface area contributed by atoms with Gasteiger partial charge in [-0.3, -0.25) is 9.78 Å². The first-order valence-electron chi connectivity index (χ1n) is 11.9. The summed E-state index contributed by atoms with van der Waals surface area (Å²) in [4.78, 5) is 23.9. The number of likely N-dealkylation sites (tertiary alicyclic amines) is 1. The van der Waals surface area contributed by atoms with Crippen molar-refractivity contribution in [1.29, 1.82) is 0 Å². The van der Waals surface area contributed by atoms with E-state index in [2.05, 4.69) is 10.1 Å². The van der Waals surface area contributed by atoms with Crippen LogP contribution < -0.4 is 4.74 Å². The Balaban J connectivity index is 1.26. The Morgan fingerprint density at radius 3 is 2.64 bits per heavy atom. The fourth-order valence-electron chi connectivity index (χ4n) is 4.78. The molecule has 0 radical (unpaired) electrons. The molecule has 2 fully saturated rings. The van der Waals surface area contributed by atoms with Gasteiger partial charge in [0.25, 0.3) is 5.89 Å². The summed E-state index contributed by atoms with van der Waals surface area (Å²) in [5.41, 5.74) is 1.72. The number of carbonyl (C=O) groups is 1. The molecule has 33 heavy (non-hydrogen) atoms. The van der Waals surface area contributed by atoms with E-state index in [-0.39, 0.29) is 11.3 Å². The third kappa shape index (κ3) is 4.92. The van der Waals surface area contributed by atoms with Gasteiger partial charge in [0.15, 0.2) is 5.82 Å². The van der Waals surface area contributed by atoms with Crippen molar-refractivity contribution < 1.29 is 14.1 Å². The molecule has 0 atom stereocenters. The van der Waals surface area contributed by atoms with Gasteiger partial charge in [0.2, 0.25) is 5.91 Å². The van der Waals surface area contributed by atoms with Gasteiger partial charge < -0.3 is 14.2 Å². The number of ether oxygens (including phenoxy) is 1. The third-order valence-electron chi connectivity index (χ3n) is 6.85. The van der Waals surface area contributed by atoms with Crippen LogP contribution in [0.2, 0.25) is 0 Å². The number of nitrogens with zero attached hydrogens (tertiary/aromatic N) is 4. The topological polar surface area (TPSA) is 81.4 Å². The highest BCUT2D eigenvalue weighted by molar-refractivity contribution is 5.79. The Hall–Kier alpha value is -3.22. The van der Waals surface area contributed by atoms with Gasteiger partial charge >= 0.3 is 0 Å². The zero-order valence-corrected chi connectivity index (χ0v) is 19.1. The van der Waals surface area contributed by atoms with Crippen LogP contribution in [-0.4, -0.2) is 45.6 Å². The first kappa shape index (κ1) is 21.6. The molecule has 172 valence electrons. The molecule has 1 aliphatic carbocycles. The molecule has 7 nitrogen and oxygen atoms in total. The van der Waals surface area contributed by atoms with Crippen molar-refractivity contribution in [1.82, 2.24) is 20.0 Å². The van der Waals surface area contributed by atoms with E-state index < -0.39 is 0 Å². The Morgan fingerprint density at radius 1 is 1.18 bits per heavy atom. The highest BCUT2D eigenvalue weighted by Gasteiger charge is 2.44. The highest BCUT2D eigenvalue weighted by atomic mass is 16.5. The van der Waals surface area contributed by atoms with Gasteiger partial charge in [0.05, 0.1) is 18.6 Å². The van der Waals surface area contributed by atoms with Crippen LogP contribution in [-0.2, 0) is 16.6 Å². The molecule has 1 saturated carbocycles. The highest BCUT2D eigenvalue weighted by Crippen LogP contribution is 2.46. The van der Waals surface area contributed by atoms with E-state index in [1.165, 1.54) is 12.8 Å². The number of carbonyl (C=O) groups excluding carboxylic acids is 1. The van der Waals surface area contributed by atoms with Gasteiger partial charge in [-0.1, -0.05) is 30.1 Å². The van der Waals surface area contributed by atoms with Gasteiger partial charge in [-0.2, -0.15) is 4.98 Å². The molecular formula is C26H30N4O3. The summed E-state index contributed by atoms with van der Waals surface area (Å²) in [5, 5.41) is 4.40. The minimum atomic E-state index is -0.124. The van der Waals surface area contributed by atoms with Gasteiger partial charge in [0, 0.05) is 30.9 Å². The first-order chi connectivity index (χ1) is 16.1. The van der Waals surface area contributed by atoms with Crippen molar-refractivity contribution in [3.63, 3.8) is 0 Å². The molecule has 1 aromatic carbocycles. The lowest BCUT2D eigenvalue weighted by atomic mass is 9.73. The second-order valence-corrected chi connectivity index (χ2v) is 9.23. The van der Waals surface area contributed by atoms with Crippen LogP contribution >= 0.6 is 0 Å². The maximum Gasteiger partial charge on any atom is 0.259 e. The number of rotatable bonds is 8. The quantitative estimate of drug-likeness (QED) is 0.509. The van der Waals surface area contributed by atoms with Crippen LogP contribution in [0.15, 0.2) is 53.3 Å². The summed E-state index contributed by atoms with van der Waals surface area (Å²) in [6.07, 6.45) is 9.23. The molecule has 0 bridgehead atoms. The second kappa shape index (κ2) is 9.33. The number of hydrogen-bond donors (Lipinski definition) is 0. The van der Waals surface area contributed by atoms with E-state index in [1.807, 2.05) is 48.2 Å². The van der Waals surface area contributed by atoms with Crippen molar-refractivity contribution in [2.45, 2.75) is 50.9 Å². The normalized spacial score (nSPS) is 17.7. The average Bonchev–Trinajstić information content (AvgIpc) is 3.51. The summed E-state index contributed by atoms with van der Waals surface area (Å²) in [6.45, 7) is 4.04. The number of benzene rings is 1. The molecule has 3 heterocycles. The molecule has 2 aliphatic rings. The molecule has 0 N–H and O–H groups in total. The van der Waals surface area contributed by atoms with Crippen molar-refractivity contribution in [2.24, 2.45) is 5.92 Å². The zero-order chi connectivity index (χ0) is 22.7. The van der Waals surface area contributed by atoms with Gasteiger partial charge in [-0.15, -0.1) is 0 Å². The fourth-order valence-corrected chi connectivity index (χ4v) is 4.78. The zero-order valence-electron chi connectivity index (χ0n) is 19.1. The largest absolute Gasteiger partial charge is 0.494 e. The van der Waals surface area contributed by atoms with Crippen LogP contribution in [0, 0.1) is 5.92 Å². The summed E-state index contributed by atoms with van der Waals surface area (Å²) in [6, 6.07) is 11.6. The van der Waals surface area contributed by atoms with E-state index in [4.69, 9.17) is 14.2 Å². The third-order valence-corrected chi connectivity index (χ3v) is 6.85. The summed E-state index contributed by atoms with van der Waals surface area (Å²) < 4.78 is 11.1. The predicted octanol–water partition coefficient (Wildman–Crippen LogP) is 4.43. The maximum absolute atomic E-state index is 13.0. The molecular weight excluding hydrogens is 416 g/mol. The molecule has 5 rings (SSSR count).